The quantitative estimate of drug-likeness (QED) is 0.792. The molecule has 1 unspecified atom stereocenters. The van der Waals surface area contributed by atoms with Gasteiger partial charge in [0.1, 0.15) is 0 Å². The Morgan fingerprint density at radius 3 is 2.64 bits per heavy atom. The van der Waals surface area contributed by atoms with Crippen molar-refractivity contribution in [1.82, 2.24) is 9.80 Å². The fraction of sp³-hybridized carbons (Fsp3) is 0.450. The van der Waals surface area contributed by atoms with Crippen LogP contribution < -0.4 is 5.73 Å². The fourth-order valence-corrected chi connectivity index (χ4v) is 4.00. The zero-order valence-corrected chi connectivity index (χ0v) is 16.5. The van der Waals surface area contributed by atoms with Crippen LogP contribution >= 0.6 is 11.8 Å². The summed E-state index contributed by atoms with van der Waals surface area (Å²) in [6, 6.07) is 8.60. The van der Waals surface area contributed by atoms with Gasteiger partial charge in [-0.05, 0) is 45.0 Å². The number of benzene rings is 1. The smallest absolute Gasteiger partial charge is 0.262 e. The Morgan fingerprint density at radius 2 is 2.08 bits per heavy atom. The van der Waals surface area contributed by atoms with Crippen LogP contribution in [0, 0.1) is 0 Å². The van der Waals surface area contributed by atoms with Crippen molar-refractivity contribution in [3.63, 3.8) is 0 Å². The minimum absolute atomic E-state index is 0.0180. The van der Waals surface area contributed by atoms with Gasteiger partial charge in [-0.25, -0.2) is 0 Å². The molecule has 136 valence electrons. The molecule has 0 aromatic heterocycles. The van der Waals surface area contributed by atoms with Crippen molar-refractivity contribution >= 4 is 22.6 Å². The van der Waals surface area contributed by atoms with Gasteiger partial charge in [0.15, 0.2) is 0 Å². The monoisotopic (exact) mass is 359 g/mol. The van der Waals surface area contributed by atoms with Gasteiger partial charge in [-0.15, -0.1) is 0 Å². The number of amides is 1. The molecule has 5 heteroatoms. The van der Waals surface area contributed by atoms with E-state index in [1.165, 1.54) is 17.3 Å². The molecule has 1 atom stereocenters. The lowest BCUT2D eigenvalue weighted by Gasteiger charge is -2.22. The van der Waals surface area contributed by atoms with E-state index < -0.39 is 0 Å². The second-order valence-corrected chi connectivity index (χ2v) is 7.81. The number of carbonyl (C=O) groups excluding carboxylic acids is 1. The summed E-state index contributed by atoms with van der Waals surface area (Å²) in [6.07, 6.45) is 1.93. The molecule has 1 saturated heterocycles. The van der Waals surface area contributed by atoms with Crippen LogP contribution in [0.4, 0.5) is 0 Å². The van der Waals surface area contributed by atoms with Crippen LogP contribution in [-0.4, -0.2) is 48.9 Å². The van der Waals surface area contributed by atoms with Gasteiger partial charge in [0, 0.05) is 29.7 Å². The normalized spacial score (nSPS) is 18.4. The molecule has 0 aliphatic carbocycles. The summed E-state index contributed by atoms with van der Waals surface area (Å²) >= 11 is 1.40. The predicted molar refractivity (Wildman–Crippen MR) is 108 cm³/mol. The molecule has 1 fully saturated rings. The third-order valence-electron chi connectivity index (χ3n) is 4.66. The van der Waals surface area contributed by atoms with Gasteiger partial charge in [-0.3, -0.25) is 4.79 Å². The molecule has 0 saturated carbocycles. The van der Waals surface area contributed by atoms with Crippen molar-refractivity contribution in [3.05, 3.63) is 52.6 Å². The van der Waals surface area contributed by atoms with Crippen LogP contribution in [0.1, 0.15) is 31.4 Å². The molecule has 1 aromatic carbocycles. The van der Waals surface area contributed by atoms with E-state index in [0.717, 1.165) is 36.4 Å². The molecule has 1 amide bonds. The lowest BCUT2D eigenvalue weighted by atomic mass is 10.1. The molecule has 0 radical (unpaired) electrons. The van der Waals surface area contributed by atoms with E-state index >= 15 is 0 Å². The first-order chi connectivity index (χ1) is 11.8. The summed E-state index contributed by atoms with van der Waals surface area (Å²) in [7, 11) is 4.11. The summed E-state index contributed by atoms with van der Waals surface area (Å²) in [5, 5.41) is 0. The van der Waals surface area contributed by atoms with Crippen molar-refractivity contribution in [3.8, 4) is 0 Å². The number of nitrogens with two attached hydrogens (primary N) is 1. The molecule has 2 N–H and O–H groups in total. The first-order valence-electron chi connectivity index (χ1n) is 8.72. The molecular formula is C20H29N3OS. The number of nitrogens with zero attached hydrogens (tertiary/aromatic N) is 2. The van der Waals surface area contributed by atoms with E-state index in [1.54, 1.807) is 6.92 Å². The SMILES string of the molecule is C=C(S/C(C(=O)N1CCC(N(C)C)C1)=C(/C)N)c1ccccc1CC. The third kappa shape index (κ3) is 4.67. The van der Waals surface area contributed by atoms with Crippen LogP contribution in [0.25, 0.3) is 4.91 Å². The number of likely N-dealkylation sites (tertiary alicyclic amines) is 1. The zero-order valence-electron chi connectivity index (χ0n) is 15.7. The lowest BCUT2D eigenvalue weighted by Crippen LogP contribution is -2.35. The summed E-state index contributed by atoms with van der Waals surface area (Å²) in [5.41, 5.74) is 8.93. The van der Waals surface area contributed by atoms with E-state index in [0.29, 0.717) is 16.6 Å². The molecule has 25 heavy (non-hydrogen) atoms. The molecule has 1 aliphatic heterocycles. The van der Waals surface area contributed by atoms with Crippen LogP contribution in [0.2, 0.25) is 0 Å². The minimum atomic E-state index is 0.0180. The van der Waals surface area contributed by atoms with Crippen molar-refractivity contribution in [2.75, 3.05) is 27.2 Å². The molecular weight excluding hydrogens is 330 g/mol. The maximum Gasteiger partial charge on any atom is 0.262 e. The summed E-state index contributed by atoms with van der Waals surface area (Å²) in [4.78, 5) is 18.5. The van der Waals surface area contributed by atoms with Gasteiger partial charge >= 0.3 is 0 Å². The van der Waals surface area contributed by atoms with Crippen molar-refractivity contribution in [1.29, 1.82) is 0 Å². The summed E-state index contributed by atoms with van der Waals surface area (Å²) in [6.45, 7) is 9.64. The van der Waals surface area contributed by atoms with Crippen LogP contribution in [0.5, 0.6) is 0 Å². The third-order valence-corrected chi connectivity index (χ3v) is 5.82. The van der Waals surface area contributed by atoms with Gasteiger partial charge in [-0.2, -0.15) is 0 Å². The maximum absolute atomic E-state index is 13.0. The molecule has 0 spiro atoms. The number of rotatable bonds is 6. The minimum Gasteiger partial charge on any atom is -0.401 e. The number of thioether (sulfide) groups is 1. The Balaban J connectivity index is 2.16. The molecule has 4 nitrogen and oxygen atoms in total. The number of hydrogen-bond donors (Lipinski definition) is 1. The maximum atomic E-state index is 13.0. The standard InChI is InChI=1S/C20H29N3OS/c1-6-16-9-7-8-10-18(16)15(3)25-19(14(2)21)20(24)23-12-11-17(13-23)22(4)5/h7-10,17H,3,6,11-13,21H2,1-2,4-5H3/b19-14-. The van der Waals surface area contributed by atoms with Crippen molar-refractivity contribution < 1.29 is 4.79 Å². The topological polar surface area (TPSA) is 49.6 Å². The Bertz CT molecular complexity index is 677. The number of hydrogen-bond acceptors (Lipinski definition) is 4. The van der Waals surface area contributed by atoms with Gasteiger partial charge in [0.05, 0.1) is 4.91 Å². The number of likely N-dealkylation sites (N-methyl/N-ethyl adjacent to an activating group) is 1. The lowest BCUT2D eigenvalue weighted by molar-refractivity contribution is -0.125. The highest BCUT2D eigenvalue weighted by Crippen LogP contribution is 2.36. The molecule has 0 bridgehead atoms. The average molecular weight is 360 g/mol. The summed E-state index contributed by atoms with van der Waals surface area (Å²) < 4.78 is 0. The Labute approximate surface area is 155 Å². The molecule has 1 heterocycles. The average Bonchev–Trinajstić information content (AvgIpc) is 3.09. The second-order valence-electron chi connectivity index (χ2n) is 6.71. The predicted octanol–water partition coefficient (Wildman–Crippen LogP) is 3.31. The van der Waals surface area contributed by atoms with Gasteiger partial charge < -0.3 is 15.5 Å². The van der Waals surface area contributed by atoms with Crippen LogP contribution in [0.15, 0.2) is 41.4 Å². The van der Waals surface area contributed by atoms with E-state index in [2.05, 4.69) is 44.6 Å². The Hall–Kier alpha value is -1.72. The highest BCUT2D eigenvalue weighted by Gasteiger charge is 2.30. The largest absolute Gasteiger partial charge is 0.401 e. The zero-order chi connectivity index (χ0) is 18.6. The van der Waals surface area contributed by atoms with Gasteiger partial charge in [-0.1, -0.05) is 49.5 Å². The number of carbonyl (C=O) groups is 1. The highest BCUT2D eigenvalue weighted by atomic mass is 32.2. The highest BCUT2D eigenvalue weighted by molar-refractivity contribution is 8.12. The Morgan fingerprint density at radius 1 is 1.40 bits per heavy atom. The van der Waals surface area contributed by atoms with Gasteiger partial charge in [0.25, 0.3) is 5.91 Å². The number of aryl methyl sites for hydroxylation is 1. The van der Waals surface area contributed by atoms with Crippen molar-refractivity contribution in [2.24, 2.45) is 5.73 Å². The van der Waals surface area contributed by atoms with Crippen LogP contribution in [-0.2, 0) is 11.2 Å². The van der Waals surface area contributed by atoms with E-state index in [1.807, 2.05) is 17.0 Å². The van der Waals surface area contributed by atoms with Crippen LogP contribution in [0.3, 0.4) is 0 Å². The van der Waals surface area contributed by atoms with Gasteiger partial charge in [0.2, 0.25) is 0 Å². The first kappa shape index (κ1) is 19.6. The molecule has 1 aliphatic rings. The van der Waals surface area contributed by atoms with E-state index in [-0.39, 0.29) is 5.91 Å². The van der Waals surface area contributed by atoms with Crippen molar-refractivity contribution in [2.45, 2.75) is 32.7 Å². The second kappa shape index (κ2) is 8.59. The molecule has 1 aromatic rings. The molecule has 2 rings (SSSR count). The fourth-order valence-electron chi connectivity index (χ4n) is 3.06. The Kier molecular flexibility index (Phi) is 6.73. The number of allylic oxidation sites excluding steroid dienone is 1. The van der Waals surface area contributed by atoms with E-state index in [9.17, 15) is 4.79 Å². The first-order valence-corrected chi connectivity index (χ1v) is 9.53. The summed E-state index contributed by atoms with van der Waals surface area (Å²) in [5.74, 6) is 0.0180. The van der Waals surface area contributed by atoms with E-state index in [4.69, 9.17) is 5.73 Å².